The summed E-state index contributed by atoms with van der Waals surface area (Å²) >= 11 is 0. The SMILES string of the molecule is CCCCCC(=O)Oc1ccc(C)c(C=O)c1. The Morgan fingerprint density at radius 3 is 2.76 bits per heavy atom. The van der Waals surface area contributed by atoms with E-state index in [4.69, 9.17) is 4.74 Å². The zero-order chi connectivity index (χ0) is 12.7. The van der Waals surface area contributed by atoms with Gasteiger partial charge in [-0.05, 0) is 31.0 Å². The number of ether oxygens (including phenoxy) is 1. The maximum atomic E-state index is 11.5. The van der Waals surface area contributed by atoms with Crippen molar-refractivity contribution in [3.8, 4) is 5.75 Å². The lowest BCUT2D eigenvalue weighted by atomic mass is 10.1. The van der Waals surface area contributed by atoms with Gasteiger partial charge in [0.1, 0.15) is 12.0 Å². The minimum absolute atomic E-state index is 0.237. The summed E-state index contributed by atoms with van der Waals surface area (Å²) in [4.78, 5) is 22.2. The Balaban J connectivity index is 2.56. The van der Waals surface area contributed by atoms with Gasteiger partial charge in [0.2, 0.25) is 0 Å². The first-order chi connectivity index (χ1) is 8.17. The topological polar surface area (TPSA) is 43.4 Å². The number of rotatable bonds is 6. The van der Waals surface area contributed by atoms with Crippen LogP contribution >= 0.6 is 0 Å². The maximum Gasteiger partial charge on any atom is 0.311 e. The van der Waals surface area contributed by atoms with Crippen LogP contribution in [-0.4, -0.2) is 12.3 Å². The van der Waals surface area contributed by atoms with Crippen molar-refractivity contribution in [2.45, 2.75) is 39.5 Å². The zero-order valence-corrected chi connectivity index (χ0v) is 10.4. The Bertz CT molecular complexity index is 396. The number of aldehydes is 1. The fourth-order valence-electron chi connectivity index (χ4n) is 1.51. The molecule has 0 fully saturated rings. The molecule has 0 aliphatic carbocycles. The smallest absolute Gasteiger partial charge is 0.311 e. The molecule has 0 radical (unpaired) electrons. The number of hydrogen-bond acceptors (Lipinski definition) is 3. The van der Waals surface area contributed by atoms with Gasteiger partial charge in [-0.1, -0.05) is 25.8 Å². The Hall–Kier alpha value is -1.64. The minimum atomic E-state index is -0.237. The summed E-state index contributed by atoms with van der Waals surface area (Å²) in [6, 6.07) is 5.08. The second-order valence-electron chi connectivity index (χ2n) is 4.07. The third-order valence-corrected chi connectivity index (χ3v) is 2.59. The molecule has 3 heteroatoms. The van der Waals surface area contributed by atoms with E-state index in [0.29, 0.717) is 17.7 Å². The molecule has 0 amide bonds. The number of benzene rings is 1. The minimum Gasteiger partial charge on any atom is -0.427 e. The Morgan fingerprint density at radius 2 is 2.12 bits per heavy atom. The van der Waals surface area contributed by atoms with E-state index in [1.165, 1.54) is 0 Å². The summed E-state index contributed by atoms with van der Waals surface area (Å²) in [6.07, 6.45) is 4.15. The molecule has 0 aliphatic rings. The van der Waals surface area contributed by atoms with Crippen LogP contribution in [0.2, 0.25) is 0 Å². The first-order valence-corrected chi connectivity index (χ1v) is 5.94. The van der Waals surface area contributed by atoms with Crippen LogP contribution < -0.4 is 4.74 Å². The number of unbranched alkanes of at least 4 members (excludes halogenated alkanes) is 2. The maximum absolute atomic E-state index is 11.5. The van der Waals surface area contributed by atoms with Gasteiger partial charge in [0.25, 0.3) is 0 Å². The molecule has 3 nitrogen and oxygen atoms in total. The summed E-state index contributed by atoms with van der Waals surface area (Å²) in [5.41, 5.74) is 1.44. The van der Waals surface area contributed by atoms with E-state index in [1.54, 1.807) is 18.2 Å². The number of hydrogen-bond donors (Lipinski definition) is 0. The lowest BCUT2D eigenvalue weighted by molar-refractivity contribution is -0.134. The van der Waals surface area contributed by atoms with Crippen molar-refractivity contribution in [2.75, 3.05) is 0 Å². The normalized spacial score (nSPS) is 10.0. The number of aryl methyl sites for hydroxylation is 1. The highest BCUT2D eigenvalue weighted by atomic mass is 16.5. The van der Waals surface area contributed by atoms with Gasteiger partial charge in [-0.2, -0.15) is 0 Å². The molecule has 1 aromatic carbocycles. The fourth-order valence-corrected chi connectivity index (χ4v) is 1.51. The Morgan fingerprint density at radius 1 is 1.35 bits per heavy atom. The molecule has 0 aromatic heterocycles. The molecule has 0 spiro atoms. The number of carbonyl (C=O) groups excluding carboxylic acids is 2. The van der Waals surface area contributed by atoms with Gasteiger partial charge in [-0.15, -0.1) is 0 Å². The zero-order valence-electron chi connectivity index (χ0n) is 10.4. The van der Waals surface area contributed by atoms with Crippen LogP contribution in [0, 0.1) is 6.92 Å². The number of esters is 1. The molecule has 0 saturated carbocycles. The molecular formula is C14H18O3. The van der Waals surface area contributed by atoms with Crippen molar-refractivity contribution >= 4 is 12.3 Å². The van der Waals surface area contributed by atoms with E-state index in [9.17, 15) is 9.59 Å². The van der Waals surface area contributed by atoms with Gasteiger partial charge in [0, 0.05) is 12.0 Å². The van der Waals surface area contributed by atoms with E-state index < -0.39 is 0 Å². The number of carbonyl (C=O) groups is 2. The average Bonchev–Trinajstić information content (AvgIpc) is 2.32. The summed E-state index contributed by atoms with van der Waals surface area (Å²) in [5, 5.41) is 0. The highest BCUT2D eigenvalue weighted by molar-refractivity contribution is 5.79. The summed E-state index contributed by atoms with van der Waals surface area (Å²) < 4.78 is 5.16. The van der Waals surface area contributed by atoms with Gasteiger partial charge < -0.3 is 4.74 Å². The molecule has 1 rings (SSSR count). The van der Waals surface area contributed by atoms with E-state index in [0.717, 1.165) is 31.1 Å². The van der Waals surface area contributed by atoms with E-state index in [-0.39, 0.29) is 5.97 Å². The van der Waals surface area contributed by atoms with Crippen molar-refractivity contribution in [3.63, 3.8) is 0 Å². The molecule has 17 heavy (non-hydrogen) atoms. The first-order valence-electron chi connectivity index (χ1n) is 5.94. The van der Waals surface area contributed by atoms with Crippen LogP contribution in [0.1, 0.15) is 48.5 Å². The van der Waals surface area contributed by atoms with Gasteiger partial charge in [-0.25, -0.2) is 0 Å². The van der Waals surface area contributed by atoms with Gasteiger partial charge in [-0.3, -0.25) is 9.59 Å². The van der Waals surface area contributed by atoms with Crippen molar-refractivity contribution in [1.82, 2.24) is 0 Å². The Kier molecular flexibility index (Phi) is 5.40. The first kappa shape index (κ1) is 13.4. The van der Waals surface area contributed by atoms with Crippen LogP contribution in [0.4, 0.5) is 0 Å². The molecule has 0 heterocycles. The summed E-state index contributed by atoms with van der Waals surface area (Å²) in [7, 11) is 0. The molecule has 0 saturated heterocycles. The second-order valence-corrected chi connectivity index (χ2v) is 4.07. The lowest BCUT2D eigenvalue weighted by Gasteiger charge is -2.05. The van der Waals surface area contributed by atoms with Crippen LogP contribution in [0.3, 0.4) is 0 Å². The highest BCUT2D eigenvalue weighted by Gasteiger charge is 2.06. The largest absolute Gasteiger partial charge is 0.427 e. The van der Waals surface area contributed by atoms with Gasteiger partial charge >= 0.3 is 5.97 Å². The fraction of sp³-hybridized carbons (Fsp3) is 0.429. The molecule has 0 bridgehead atoms. The molecule has 0 aliphatic heterocycles. The van der Waals surface area contributed by atoms with Gasteiger partial charge in [0.15, 0.2) is 0 Å². The average molecular weight is 234 g/mol. The third kappa shape index (κ3) is 4.39. The van der Waals surface area contributed by atoms with Crippen LogP contribution in [-0.2, 0) is 4.79 Å². The van der Waals surface area contributed by atoms with Crippen LogP contribution in [0.25, 0.3) is 0 Å². The van der Waals surface area contributed by atoms with E-state index in [1.807, 2.05) is 6.92 Å². The Labute approximate surface area is 102 Å². The highest BCUT2D eigenvalue weighted by Crippen LogP contribution is 2.16. The molecule has 1 aromatic rings. The van der Waals surface area contributed by atoms with E-state index >= 15 is 0 Å². The molecule has 92 valence electrons. The predicted molar refractivity (Wildman–Crippen MR) is 66.3 cm³/mol. The summed E-state index contributed by atoms with van der Waals surface area (Å²) in [6.45, 7) is 3.93. The van der Waals surface area contributed by atoms with Crippen molar-refractivity contribution in [3.05, 3.63) is 29.3 Å². The molecular weight excluding hydrogens is 216 g/mol. The van der Waals surface area contributed by atoms with Crippen LogP contribution in [0.5, 0.6) is 5.75 Å². The lowest BCUT2D eigenvalue weighted by Crippen LogP contribution is -2.07. The molecule has 0 N–H and O–H groups in total. The van der Waals surface area contributed by atoms with E-state index in [2.05, 4.69) is 6.92 Å². The quantitative estimate of drug-likeness (QED) is 0.328. The monoisotopic (exact) mass is 234 g/mol. The standard InChI is InChI=1S/C14H18O3/c1-3-4-5-6-14(16)17-13-8-7-11(2)12(9-13)10-15/h7-10H,3-6H2,1-2H3. The van der Waals surface area contributed by atoms with Crippen LogP contribution in [0.15, 0.2) is 18.2 Å². The van der Waals surface area contributed by atoms with Gasteiger partial charge in [0.05, 0.1) is 0 Å². The molecule has 0 unspecified atom stereocenters. The third-order valence-electron chi connectivity index (χ3n) is 2.59. The predicted octanol–water partition coefficient (Wildman–Crippen LogP) is 3.29. The van der Waals surface area contributed by atoms with Crippen molar-refractivity contribution in [2.24, 2.45) is 0 Å². The van der Waals surface area contributed by atoms with Crippen molar-refractivity contribution < 1.29 is 14.3 Å². The summed E-state index contributed by atoms with van der Waals surface area (Å²) in [5.74, 6) is 0.207. The molecule has 0 atom stereocenters. The second kappa shape index (κ2) is 6.84. The van der Waals surface area contributed by atoms with Crippen molar-refractivity contribution in [1.29, 1.82) is 0 Å².